The summed E-state index contributed by atoms with van der Waals surface area (Å²) in [6, 6.07) is 9.81. The predicted molar refractivity (Wildman–Crippen MR) is 77.5 cm³/mol. The molecule has 1 N–H and O–H groups in total. The van der Waals surface area contributed by atoms with Crippen molar-refractivity contribution in [3.63, 3.8) is 0 Å². The van der Waals surface area contributed by atoms with Gasteiger partial charge in [0.25, 0.3) is 0 Å². The lowest BCUT2D eigenvalue weighted by atomic mass is 10.2. The van der Waals surface area contributed by atoms with Crippen molar-refractivity contribution in [1.82, 2.24) is 5.32 Å². The van der Waals surface area contributed by atoms with Crippen molar-refractivity contribution in [1.29, 1.82) is 0 Å². The van der Waals surface area contributed by atoms with Gasteiger partial charge < -0.3 is 10.1 Å². The van der Waals surface area contributed by atoms with Crippen LogP contribution in [0.15, 0.2) is 36.4 Å². The Kier molecular flexibility index (Phi) is 3.88. The molecule has 0 unspecified atom stereocenters. The highest BCUT2D eigenvalue weighted by molar-refractivity contribution is 5.40. The average Bonchev–Trinajstić information content (AvgIpc) is 3.27. The number of aryl methyl sites for hydroxylation is 1. The zero-order chi connectivity index (χ0) is 14.8. The Labute approximate surface area is 122 Å². The highest BCUT2D eigenvalue weighted by Gasteiger charge is 2.21. The van der Waals surface area contributed by atoms with Crippen LogP contribution in [0.2, 0.25) is 0 Å². The maximum absolute atomic E-state index is 14.0. The largest absolute Gasteiger partial charge is 0.451 e. The van der Waals surface area contributed by atoms with Gasteiger partial charge in [-0.2, -0.15) is 0 Å². The molecular weight excluding hydrogens is 272 g/mol. The van der Waals surface area contributed by atoms with E-state index in [1.54, 1.807) is 24.3 Å². The third-order valence-electron chi connectivity index (χ3n) is 3.51. The second kappa shape index (κ2) is 5.82. The van der Waals surface area contributed by atoms with Crippen LogP contribution in [0.1, 0.15) is 24.0 Å². The van der Waals surface area contributed by atoms with E-state index in [0.29, 0.717) is 18.2 Å². The third-order valence-corrected chi connectivity index (χ3v) is 3.51. The summed E-state index contributed by atoms with van der Waals surface area (Å²) in [5, 5.41) is 3.31. The normalized spacial score (nSPS) is 14.2. The molecular formula is C17H17F2NO. The number of hydrogen-bond donors (Lipinski definition) is 1. The molecule has 0 bridgehead atoms. The molecule has 0 aromatic heterocycles. The second-order valence-electron chi connectivity index (χ2n) is 5.42. The highest BCUT2D eigenvalue weighted by atomic mass is 19.1. The van der Waals surface area contributed by atoms with Gasteiger partial charge in [0.1, 0.15) is 0 Å². The molecule has 0 saturated heterocycles. The van der Waals surface area contributed by atoms with Crippen LogP contribution in [0.5, 0.6) is 11.5 Å². The van der Waals surface area contributed by atoms with Crippen LogP contribution in [-0.4, -0.2) is 6.04 Å². The van der Waals surface area contributed by atoms with Crippen molar-refractivity contribution < 1.29 is 13.5 Å². The lowest BCUT2D eigenvalue weighted by Crippen LogP contribution is -2.16. The molecule has 1 fully saturated rings. The lowest BCUT2D eigenvalue weighted by molar-refractivity contribution is 0.407. The minimum atomic E-state index is -0.495. The summed E-state index contributed by atoms with van der Waals surface area (Å²) in [6.07, 6.45) is 2.30. The van der Waals surface area contributed by atoms with Gasteiger partial charge in [-0.1, -0.05) is 18.2 Å². The zero-order valence-electron chi connectivity index (χ0n) is 11.8. The zero-order valence-corrected chi connectivity index (χ0v) is 11.8. The first-order valence-corrected chi connectivity index (χ1v) is 7.08. The number of nitrogens with one attached hydrogen (secondary N) is 1. The summed E-state index contributed by atoms with van der Waals surface area (Å²) in [6.45, 7) is 2.36. The van der Waals surface area contributed by atoms with Gasteiger partial charge in [-0.25, -0.2) is 8.78 Å². The topological polar surface area (TPSA) is 21.3 Å². The fraction of sp³-hybridized carbons (Fsp3) is 0.294. The SMILES string of the molecule is Cc1ccc(F)c(Oc2c(F)cccc2CNC2CC2)c1. The van der Waals surface area contributed by atoms with Gasteiger partial charge in [-0.05, 0) is 43.5 Å². The van der Waals surface area contributed by atoms with Crippen molar-refractivity contribution in [2.24, 2.45) is 0 Å². The molecule has 2 aromatic carbocycles. The molecule has 1 aliphatic carbocycles. The summed E-state index contributed by atoms with van der Waals surface area (Å²) in [5.74, 6) is -0.834. The number of ether oxygens (including phenoxy) is 1. The Morgan fingerprint density at radius 1 is 1.14 bits per heavy atom. The number of para-hydroxylation sites is 1. The summed E-state index contributed by atoms with van der Waals surface area (Å²) in [5.41, 5.74) is 1.56. The molecule has 0 heterocycles. The summed E-state index contributed by atoms with van der Waals surface area (Å²) in [4.78, 5) is 0. The minimum Gasteiger partial charge on any atom is -0.451 e. The highest BCUT2D eigenvalue weighted by Crippen LogP contribution is 2.31. The quantitative estimate of drug-likeness (QED) is 0.885. The first-order valence-electron chi connectivity index (χ1n) is 7.08. The van der Waals surface area contributed by atoms with Gasteiger partial charge in [-0.3, -0.25) is 0 Å². The van der Waals surface area contributed by atoms with Crippen LogP contribution in [0, 0.1) is 18.6 Å². The van der Waals surface area contributed by atoms with Gasteiger partial charge in [0.2, 0.25) is 0 Å². The number of halogens is 2. The molecule has 1 aliphatic rings. The van der Waals surface area contributed by atoms with Crippen LogP contribution in [0.25, 0.3) is 0 Å². The van der Waals surface area contributed by atoms with Gasteiger partial charge in [0.05, 0.1) is 0 Å². The molecule has 2 nitrogen and oxygen atoms in total. The molecule has 0 aliphatic heterocycles. The maximum Gasteiger partial charge on any atom is 0.167 e. The van der Waals surface area contributed by atoms with E-state index in [1.165, 1.54) is 12.1 Å². The monoisotopic (exact) mass is 289 g/mol. The molecule has 2 aromatic rings. The number of benzene rings is 2. The Balaban J connectivity index is 1.87. The Morgan fingerprint density at radius 2 is 1.95 bits per heavy atom. The van der Waals surface area contributed by atoms with Crippen LogP contribution < -0.4 is 10.1 Å². The van der Waals surface area contributed by atoms with Crippen molar-refractivity contribution in [2.45, 2.75) is 32.4 Å². The molecule has 110 valence electrons. The summed E-state index contributed by atoms with van der Waals surface area (Å²) >= 11 is 0. The molecule has 0 radical (unpaired) electrons. The molecule has 4 heteroatoms. The van der Waals surface area contributed by atoms with Gasteiger partial charge in [0, 0.05) is 18.2 Å². The van der Waals surface area contributed by atoms with Crippen molar-refractivity contribution in [3.05, 3.63) is 59.2 Å². The molecule has 3 rings (SSSR count). The summed E-state index contributed by atoms with van der Waals surface area (Å²) in [7, 11) is 0. The first kappa shape index (κ1) is 14.0. The molecule has 21 heavy (non-hydrogen) atoms. The van der Waals surface area contributed by atoms with Crippen molar-refractivity contribution in [2.75, 3.05) is 0 Å². The van der Waals surface area contributed by atoms with Crippen molar-refractivity contribution >= 4 is 0 Å². The molecule has 0 spiro atoms. The van der Waals surface area contributed by atoms with E-state index in [4.69, 9.17) is 4.74 Å². The van der Waals surface area contributed by atoms with Crippen molar-refractivity contribution in [3.8, 4) is 11.5 Å². The van der Waals surface area contributed by atoms with Crippen LogP contribution >= 0.6 is 0 Å². The minimum absolute atomic E-state index is 0.0489. The maximum atomic E-state index is 14.0. The van der Waals surface area contributed by atoms with Gasteiger partial charge in [0.15, 0.2) is 23.1 Å². The molecule has 1 saturated carbocycles. The average molecular weight is 289 g/mol. The van der Waals surface area contributed by atoms with Crippen LogP contribution in [-0.2, 0) is 6.54 Å². The Hall–Kier alpha value is -1.94. The lowest BCUT2D eigenvalue weighted by Gasteiger charge is -2.13. The Bertz CT molecular complexity index is 653. The smallest absolute Gasteiger partial charge is 0.167 e. The third kappa shape index (κ3) is 3.39. The fourth-order valence-electron chi connectivity index (χ4n) is 2.15. The number of rotatable bonds is 5. The van der Waals surface area contributed by atoms with E-state index in [0.717, 1.165) is 18.4 Å². The van der Waals surface area contributed by atoms with E-state index in [2.05, 4.69) is 5.32 Å². The first-order chi connectivity index (χ1) is 10.1. The standard InChI is InChI=1S/C17H17F2NO/c1-11-5-8-14(18)16(9-11)21-17-12(3-2-4-15(17)19)10-20-13-6-7-13/h2-5,8-9,13,20H,6-7,10H2,1H3. The fourth-order valence-corrected chi connectivity index (χ4v) is 2.15. The number of hydrogen-bond acceptors (Lipinski definition) is 2. The van der Waals surface area contributed by atoms with Crippen LogP contribution in [0.4, 0.5) is 8.78 Å². The van der Waals surface area contributed by atoms with E-state index in [9.17, 15) is 8.78 Å². The Morgan fingerprint density at radius 3 is 2.71 bits per heavy atom. The molecule has 0 amide bonds. The molecule has 0 atom stereocenters. The van der Waals surface area contributed by atoms with Gasteiger partial charge in [-0.15, -0.1) is 0 Å². The van der Waals surface area contributed by atoms with Crippen LogP contribution in [0.3, 0.4) is 0 Å². The van der Waals surface area contributed by atoms with E-state index >= 15 is 0 Å². The second-order valence-corrected chi connectivity index (χ2v) is 5.42. The van der Waals surface area contributed by atoms with Gasteiger partial charge >= 0.3 is 0 Å². The summed E-state index contributed by atoms with van der Waals surface area (Å²) < 4.78 is 33.3. The van der Waals surface area contributed by atoms with E-state index in [1.807, 2.05) is 6.92 Å². The van der Waals surface area contributed by atoms with E-state index in [-0.39, 0.29) is 11.5 Å². The van der Waals surface area contributed by atoms with E-state index < -0.39 is 11.6 Å². The predicted octanol–water partition coefficient (Wildman–Crippen LogP) is 4.32.